The van der Waals surface area contributed by atoms with Crippen LogP contribution in [0.25, 0.3) is 17.1 Å². The molecule has 34 heavy (non-hydrogen) atoms. The lowest BCUT2D eigenvalue weighted by Gasteiger charge is -2.05. The molecule has 1 aliphatic heterocycles. The molecule has 1 amide bonds. The van der Waals surface area contributed by atoms with E-state index in [1.54, 1.807) is 18.2 Å². The monoisotopic (exact) mass is 463 g/mol. The molecule has 0 saturated carbocycles. The lowest BCUT2D eigenvalue weighted by Crippen LogP contribution is -2.19. The van der Waals surface area contributed by atoms with E-state index in [-0.39, 0.29) is 35.5 Å². The first kappa shape index (κ1) is 20.6. The number of fused-ring (bicyclic) bond motifs is 1. The second-order valence-corrected chi connectivity index (χ2v) is 6.79. The summed E-state index contributed by atoms with van der Waals surface area (Å²) in [5.74, 6) is 0.376. The molecule has 2 aromatic carbocycles. The fourth-order valence-corrected chi connectivity index (χ4v) is 3.13. The van der Waals surface area contributed by atoms with Gasteiger partial charge in [-0.05, 0) is 46.2 Å². The van der Waals surface area contributed by atoms with E-state index in [0.29, 0.717) is 22.6 Å². The number of amides is 1. The molecule has 0 fully saturated rings. The number of carbonyl (C=O) groups is 1. The van der Waals surface area contributed by atoms with Gasteiger partial charge in [-0.2, -0.15) is 9.78 Å². The maximum Gasteiger partial charge on any atom is 0.294 e. The summed E-state index contributed by atoms with van der Waals surface area (Å²) >= 11 is 0. The van der Waals surface area contributed by atoms with E-state index < -0.39 is 10.8 Å². The highest BCUT2D eigenvalue weighted by molar-refractivity contribution is 5.99. The number of hydrogen-bond donors (Lipinski definition) is 2. The molecule has 3 N–H and O–H groups in total. The van der Waals surface area contributed by atoms with Gasteiger partial charge in [-0.15, -0.1) is 5.10 Å². The Morgan fingerprint density at radius 3 is 2.71 bits per heavy atom. The van der Waals surface area contributed by atoms with E-state index in [9.17, 15) is 14.9 Å². The highest BCUT2D eigenvalue weighted by atomic mass is 16.7. The van der Waals surface area contributed by atoms with Crippen molar-refractivity contribution in [3.8, 4) is 28.6 Å². The van der Waals surface area contributed by atoms with Crippen LogP contribution in [0.3, 0.4) is 0 Å². The van der Waals surface area contributed by atoms with E-state index >= 15 is 0 Å². The predicted molar refractivity (Wildman–Crippen MR) is 113 cm³/mol. The number of hydrogen-bond acceptors (Lipinski definition) is 12. The normalized spacial score (nSPS) is 12.2. The molecule has 2 aromatic heterocycles. The average Bonchev–Trinajstić information content (AvgIpc) is 3.57. The van der Waals surface area contributed by atoms with Crippen LogP contribution in [-0.2, 0) is 0 Å². The van der Waals surface area contributed by atoms with Crippen LogP contribution in [0, 0.1) is 10.1 Å². The van der Waals surface area contributed by atoms with Gasteiger partial charge in [0, 0.05) is 17.7 Å². The number of nitrogens with two attached hydrogens (primary N) is 1. The molecular weight excluding hydrogens is 450 g/mol. The topological polar surface area (TPSA) is 199 Å². The molecule has 0 saturated heterocycles. The minimum absolute atomic E-state index is 0.0104. The third kappa shape index (κ3) is 3.72. The van der Waals surface area contributed by atoms with Gasteiger partial charge in [0.25, 0.3) is 11.6 Å². The van der Waals surface area contributed by atoms with Gasteiger partial charge in [-0.25, -0.2) is 10.1 Å². The molecule has 5 rings (SSSR count). The van der Waals surface area contributed by atoms with Crippen molar-refractivity contribution in [2.75, 3.05) is 12.5 Å². The molecule has 1 aliphatic rings. The molecule has 0 radical (unpaired) electrons. The minimum atomic E-state index is -0.702. The van der Waals surface area contributed by atoms with Crippen LogP contribution in [0.2, 0.25) is 0 Å². The van der Waals surface area contributed by atoms with Crippen molar-refractivity contribution in [2.45, 2.75) is 0 Å². The van der Waals surface area contributed by atoms with Gasteiger partial charge in [-0.1, -0.05) is 5.21 Å². The number of carbonyl (C=O) groups excluding carboxylic acids is 1. The quantitative estimate of drug-likeness (QED) is 0.237. The van der Waals surface area contributed by atoms with Crippen LogP contribution >= 0.6 is 0 Å². The summed E-state index contributed by atoms with van der Waals surface area (Å²) in [6.45, 7) is 0.138. The molecule has 15 heteroatoms. The smallest absolute Gasteiger partial charge is 0.294 e. The number of nitrogens with one attached hydrogen (secondary N) is 1. The summed E-state index contributed by atoms with van der Waals surface area (Å²) in [6, 6.07) is 10.6. The first-order valence-electron chi connectivity index (χ1n) is 9.53. The zero-order valence-electron chi connectivity index (χ0n) is 17.0. The fraction of sp³-hybridized carbons (Fsp3) is 0.0526. The van der Waals surface area contributed by atoms with Crippen LogP contribution in [0.1, 0.15) is 16.1 Å². The molecule has 0 aliphatic carbocycles. The summed E-state index contributed by atoms with van der Waals surface area (Å²) in [6.07, 6.45) is 1.41. The maximum absolute atomic E-state index is 12.9. The lowest BCUT2D eigenvalue weighted by atomic mass is 10.1. The second kappa shape index (κ2) is 8.30. The number of nitro benzene ring substituents is 1. The Hall–Kier alpha value is -5.34. The van der Waals surface area contributed by atoms with Crippen molar-refractivity contribution >= 4 is 23.6 Å². The summed E-state index contributed by atoms with van der Waals surface area (Å²) in [5, 5.41) is 30.0. The maximum atomic E-state index is 12.9. The highest BCUT2D eigenvalue weighted by Crippen LogP contribution is 2.32. The number of non-ortho nitro benzene ring substituents is 1. The van der Waals surface area contributed by atoms with Crippen LogP contribution < -0.4 is 20.6 Å². The van der Waals surface area contributed by atoms with Crippen molar-refractivity contribution < 1.29 is 23.8 Å². The fourth-order valence-electron chi connectivity index (χ4n) is 3.13. The number of aromatic nitrogens is 5. The molecule has 0 atom stereocenters. The third-order valence-electron chi connectivity index (χ3n) is 4.71. The van der Waals surface area contributed by atoms with Crippen LogP contribution in [-0.4, -0.2) is 49.1 Å². The Morgan fingerprint density at radius 1 is 1.18 bits per heavy atom. The number of nitro groups is 1. The highest BCUT2D eigenvalue weighted by Gasteiger charge is 2.25. The van der Waals surface area contributed by atoms with Crippen LogP contribution in [0.4, 0.5) is 11.5 Å². The SMILES string of the molecule is Nc1nonc1-n1nnc(C(=O)N/N=C\c2ccc3c(c2)OCO3)c1-c1ccc([N+](=O)[O-])cc1. The van der Waals surface area contributed by atoms with Crippen LogP contribution in [0.15, 0.2) is 52.2 Å². The average molecular weight is 463 g/mol. The van der Waals surface area contributed by atoms with Crippen molar-refractivity contribution in [1.82, 2.24) is 30.7 Å². The molecule has 0 unspecified atom stereocenters. The summed E-state index contributed by atoms with van der Waals surface area (Å²) < 4.78 is 16.3. The van der Waals surface area contributed by atoms with Crippen molar-refractivity contribution in [1.29, 1.82) is 0 Å². The summed E-state index contributed by atoms with van der Waals surface area (Å²) in [5.41, 5.74) is 9.04. The summed E-state index contributed by atoms with van der Waals surface area (Å²) in [7, 11) is 0. The third-order valence-corrected chi connectivity index (χ3v) is 4.71. The molecule has 4 aromatic rings. The molecule has 0 bridgehead atoms. The molecule has 0 spiro atoms. The largest absolute Gasteiger partial charge is 0.454 e. The zero-order chi connectivity index (χ0) is 23.7. The van der Waals surface area contributed by atoms with Gasteiger partial charge < -0.3 is 15.2 Å². The Morgan fingerprint density at radius 2 is 1.97 bits per heavy atom. The van der Waals surface area contributed by atoms with Crippen molar-refractivity contribution in [2.24, 2.45) is 5.10 Å². The Kier molecular flexibility index (Phi) is 5.02. The van der Waals surface area contributed by atoms with Crippen LogP contribution in [0.5, 0.6) is 11.5 Å². The Balaban J connectivity index is 1.46. The van der Waals surface area contributed by atoms with Gasteiger partial charge in [0.05, 0.1) is 11.1 Å². The van der Waals surface area contributed by atoms with Gasteiger partial charge >= 0.3 is 0 Å². The molecular formula is C19H13N9O6. The number of hydrazone groups is 1. The first-order valence-corrected chi connectivity index (χ1v) is 9.53. The number of nitrogen functional groups attached to an aromatic ring is 1. The minimum Gasteiger partial charge on any atom is -0.454 e. The van der Waals surface area contributed by atoms with Gasteiger partial charge in [0.2, 0.25) is 18.4 Å². The molecule has 170 valence electrons. The standard InChI is InChI=1S/C19H13N9O6/c20-17-18(25-34-24-17)27-16(11-2-4-12(5-3-11)28(30)31)15(22-26-27)19(29)23-21-8-10-1-6-13-14(7-10)33-9-32-13/h1-8H,9H2,(H2,20,24)(H,23,29)/b21-8-. The van der Waals surface area contributed by atoms with Crippen molar-refractivity contribution in [3.05, 3.63) is 63.8 Å². The Bertz CT molecular complexity index is 1430. The second-order valence-electron chi connectivity index (χ2n) is 6.79. The number of anilines is 1. The number of rotatable bonds is 6. The first-order chi connectivity index (χ1) is 16.5. The number of benzene rings is 2. The van der Waals surface area contributed by atoms with E-state index in [1.807, 2.05) is 0 Å². The van der Waals surface area contributed by atoms with Gasteiger partial charge in [0.15, 0.2) is 17.2 Å². The van der Waals surface area contributed by atoms with Gasteiger partial charge in [-0.3, -0.25) is 14.9 Å². The zero-order valence-corrected chi connectivity index (χ0v) is 17.0. The van der Waals surface area contributed by atoms with E-state index in [2.05, 4.69) is 35.8 Å². The number of ether oxygens (including phenoxy) is 2. The lowest BCUT2D eigenvalue weighted by molar-refractivity contribution is -0.384. The predicted octanol–water partition coefficient (Wildman–Crippen LogP) is 1.30. The number of nitrogens with zero attached hydrogens (tertiary/aromatic N) is 7. The Labute approximate surface area is 188 Å². The molecule has 3 heterocycles. The molecule has 15 nitrogen and oxygen atoms in total. The van der Waals surface area contributed by atoms with E-state index in [0.717, 1.165) is 4.68 Å². The van der Waals surface area contributed by atoms with Gasteiger partial charge in [0.1, 0.15) is 5.69 Å². The van der Waals surface area contributed by atoms with Crippen molar-refractivity contribution in [3.63, 3.8) is 0 Å². The van der Waals surface area contributed by atoms with E-state index in [4.69, 9.17) is 15.2 Å². The summed E-state index contributed by atoms with van der Waals surface area (Å²) in [4.78, 5) is 23.3. The van der Waals surface area contributed by atoms with E-state index in [1.165, 1.54) is 30.5 Å².